The van der Waals surface area contributed by atoms with E-state index in [2.05, 4.69) is 26.8 Å². The van der Waals surface area contributed by atoms with E-state index in [0.717, 1.165) is 62.5 Å². The molecule has 0 amide bonds. The minimum Gasteiger partial charge on any atom is -0.461 e. The van der Waals surface area contributed by atoms with Crippen molar-refractivity contribution in [3.63, 3.8) is 0 Å². The van der Waals surface area contributed by atoms with Crippen molar-refractivity contribution in [2.75, 3.05) is 0 Å². The highest BCUT2D eigenvalue weighted by Crippen LogP contribution is 2.37. The van der Waals surface area contributed by atoms with Crippen molar-refractivity contribution >= 4 is 11.9 Å². The molecule has 0 aliphatic heterocycles. The Morgan fingerprint density at radius 1 is 0.565 bits per heavy atom. The number of unbranched alkanes of at least 4 members (excludes halogenated alkanes) is 15. The summed E-state index contributed by atoms with van der Waals surface area (Å²) in [6.45, 7) is 7.18. The number of allylic oxidation sites excluding steroid dienone is 1. The molecule has 46 heavy (non-hydrogen) atoms. The van der Waals surface area contributed by atoms with Crippen molar-refractivity contribution < 1.29 is 19.1 Å². The SMILES string of the molecule is CCCCCCCCCCCC(C=C(C)C)(CCCCCCCCCCC(=O)OCc1ccccc1)C(=O)OCc1ccccc1. The lowest BCUT2D eigenvalue weighted by atomic mass is 9.76. The van der Waals surface area contributed by atoms with Crippen LogP contribution in [0.4, 0.5) is 0 Å². The second kappa shape index (κ2) is 25.2. The fraction of sp³-hybridized carbons (Fsp3) is 0.619. The van der Waals surface area contributed by atoms with Crippen LogP contribution >= 0.6 is 0 Å². The summed E-state index contributed by atoms with van der Waals surface area (Å²) in [5, 5.41) is 0. The van der Waals surface area contributed by atoms with E-state index in [4.69, 9.17) is 9.47 Å². The third kappa shape index (κ3) is 18.3. The molecule has 4 nitrogen and oxygen atoms in total. The molecule has 2 aromatic rings. The van der Waals surface area contributed by atoms with Crippen LogP contribution in [-0.2, 0) is 32.3 Å². The van der Waals surface area contributed by atoms with E-state index in [1.54, 1.807) is 0 Å². The minimum absolute atomic E-state index is 0.0561. The average molecular weight is 633 g/mol. The summed E-state index contributed by atoms with van der Waals surface area (Å²) in [6.07, 6.45) is 24.8. The zero-order valence-corrected chi connectivity index (χ0v) is 29.5. The molecule has 0 aliphatic carbocycles. The number of carbonyl (C=O) groups excluding carboxylic acids is 2. The molecule has 0 aromatic heterocycles. The standard InChI is InChI=1S/C42H64O4/c1-4-5-6-7-8-10-13-16-25-32-42(34-37(2)3,41(44)46-36-39-29-22-19-23-30-39)33-26-17-14-11-9-12-15-24-31-40(43)45-35-38-27-20-18-21-28-38/h18-23,27-30,34H,4-17,24-26,31-33,35-36H2,1-3H3. The molecule has 2 rings (SSSR count). The first-order valence-electron chi connectivity index (χ1n) is 18.5. The number of hydrogen-bond acceptors (Lipinski definition) is 4. The van der Waals surface area contributed by atoms with E-state index >= 15 is 0 Å². The van der Waals surface area contributed by atoms with Gasteiger partial charge in [0, 0.05) is 6.42 Å². The Kier molecular flexibility index (Phi) is 21.6. The van der Waals surface area contributed by atoms with Crippen LogP contribution in [0.25, 0.3) is 0 Å². The van der Waals surface area contributed by atoms with Crippen molar-refractivity contribution in [2.45, 2.75) is 162 Å². The molecule has 256 valence electrons. The molecule has 0 aliphatic rings. The summed E-state index contributed by atoms with van der Waals surface area (Å²) >= 11 is 0. The predicted octanol–water partition coefficient (Wildman–Crippen LogP) is 12.2. The molecular weight excluding hydrogens is 568 g/mol. The molecule has 0 N–H and O–H groups in total. The number of ether oxygens (including phenoxy) is 2. The Morgan fingerprint density at radius 2 is 0.978 bits per heavy atom. The molecule has 2 aromatic carbocycles. The van der Waals surface area contributed by atoms with Gasteiger partial charge in [-0.3, -0.25) is 9.59 Å². The summed E-state index contributed by atoms with van der Waals surface area (Å²) in [5.41, 5.74) is 2.72. The fourth-order valence-electron chi connectivity index (χ4n) is 6.28. The predicted molar refractivity (Wildman–Crippen MR) is 192 cm³/mol. The van der Waals surface area contributed by atoms with Gasteiger partial charge >= 0.3 is 11.9 Å². The quantitative estimate of drug-likeness (QED) is 0.0558. The maximum absolute atomic E-state index is 13.8. The Hall–Kier alpha value is -2.88. The molecule has 0 saturated carbocycles. The lowest BCUT2D eigenvalue weighted by Gasteiger charge is -2.30. The first-order valence-corrected chi connectivity index (χ1v) is 18.5. The van der Waals surface area contributed by atoms with Crippen molar-refractivity contribution in [3.05, 3.63) is 83.4 Å². The summed E-state index contributed by atoms with van der Waals surface area (Å²) in [5.74, 6) is -0.159. The molecule has 0 radical (unpaired) electrons. The molecule has 0 spiro atoms. The monoisotopic (exact) mass is 632 g/mol. The molecule has 0 saturated heterocycles. The van der Waals surface area contributed by atoms with Crippen LogP contribution < -0.4 is 0 Å². The number of hydrogen-bond donors (Lipinski definition) is 0. The van der Waals surface area contributed by atoms with E-state index in [1.165, 1.54) is 76.2 Å². The van der Waals surface area contributed by atoms with Crippen molar-refractivity contribution in [2.24, 2.45) is 5.41 Å². The summed E-state index contributed by atoms with van der Waals surface area (Å²) < 4.78 is 11.4. The maximum Gasteiger partial charge on any atom is 0.316 e. The van der Waals surface area contributed by atoms with Gasteiger partial charge in [0.15, 0.2) is 0 Å². The molecule has 1 unspecified atom stereocenters. The van der Waals surface area contributed by atoms with Crippen LogP contribution in [0.15, 0.2) is 72.3 Å². The Morgan fingerprint density at radius 3 is 1.43 bits per heavy atom. The lowest BCUT2D eigenvalue weighted by molar-refractivity contribution is -0.155. The van der Waals surface area contributed by atoms with Gasteiger partial charge in [0.25, 0.3) is 0 Å². The molecule has 0 fully saturated rings. The maximum atomic E-state index is 13.8. The summed E-state index contributed by atoms with van der Waals surface area (Å²) in [6, 6.07) is 19.9. The largest absolute Gasteiger partial charge is 0.461 e. The highest BCUT2D eigenvalue weighted by Gasteiger charge is 2.36. The first-order chi connectivity index (χ1) is 22.4. The molecule has 1 atom stereocenters. The zero-order chi connectivity index (χ0) is 33.1. The van der Waals surface area contributed by atoms with Crippen molar-refractivity contribution in [3.8, 4) is 0 Å². The number of rotatable bonds is 27. The minimum atomic E-state index is -0.538. The normalized spacial score (nSPS) is 12.3. The van der Waals surface area contributed by atoms with Crippen LogP contribution in [0.5, 0.6) is 0 Å². The first kappa shape index (κ1) is 39.3. The van der Waals surface area contributed by atoms with Crippen molar-refractivity contribution in [1.82, 2.24) is 0 Å². The van der Waals surface area contributed by atoms with Gasteiger partial charge in [-0.15, -0.1) is 0 Å². The highest BCUT2D eigenvalue weighted by atomic mass is 16.5. The fourth-order valence-corrected chi connectivity index (χ4v) is 6.28. The third-order valence-electron chi connectivity index (χ3n) is 8.91. The van der Waals surface area contributed by atoms with Gasteiger partial charge in [0.2, 0.25) is 0 Å². The van der Waals surface area contributed by atoms with Gasteiger partial charge in [-0.25, -0.2) is 0 Å². The Bertz CT molecular complexity index is 1070. The van der Waals surface area contributed by atoms with Gasteiger partial charge in [0.05, 0.1) is 5.41 Å². The zero-order valence-electron chi connectivity index (χ0n) is 29.5. The summed E-state index contributed by atoms with van der Waals surface area (Å²) in [4.78, 5) is 25.8. The molecular formula is C42H64O4. The van der Waals surface area contributed by atoms with E-state index in [-0.39, 0.29) is 11.9 Å². The lowest BCUT2D eigenvalue weighted by Crippen LogP contribution is -2.32. The number of carbonyl (C=O) groups is 2. The molecule has 4 heteroatoms. The third-order valence-corrected chi connectivity index (χ3v) is 8.91. The van der Waals surface area contributed by atoms with E-state index in [9.17, 15) is 9.59 Å². The van der Waals surface area contributed by atoms with E-state index < -0.39 is 5.41 Å². The average Bonchev–Trinajstić information content (AvgIpc) is 3.06. The van der Waals surface area contributed by atoms with E-state index in [0.29, 0.717) is 19.6 Å². The number of esters is 2. The Labute approximate surface area is 281 Å². The second-order valence-corrected chi connectivity index (χ2v) is 13.5. The number of benzene rings is 2. The summed E-state index contributed by atoms with van der Waals surface area (Å²) in [7, 11) is 0. The van der Waals surface area contributed by atoms with Crippen LogP contribution in [-0.4, -0.2) is 11.9 Å². The highest BCUT2D eigenvalue weighted by molar-refractivity contribution is 5.79. The molecule has 0 heterocycles. The van der Waals surface area contributed by atoms with Gasteiger partial charge in [-0.05, 0) is 44.2 Å². The van der Waals surface area contributed by atoms with Crippen LogP contribution in [0, 0.1) is 5.41 Å². The van der Waals surface area contributed by atoms with Crippen molar-refractivity contribution in [1.29, 1.82) is 0 Å². The van der Waals surface area contributed by atoms with Gasteiger partial charge in [-0.1, -0.05) is 182 Å². The van der Waals surface area contributed by atoms with Gasteiger partial charge in [-0.2, -0.15) is 0 Å². The van der Waals surface area contributed by atoms with Crippen LogP contribution in [0.1, 0.15) is 160 Å². The van der Waals surface area contributed by atoms with Gasteiger partial charge in [0.1, 0.15) is 13.2 Å². The molecule has 0 bridgehead atoms. The Balaban J connectivity index is 1.73. The van der Waals surface area contributed by atoms with Crippen LogP contribution in [0.2, 0.25) is 0 Å². The smallest absolute Gasteiger partial charge is 0.316 e. The second-order valence-electron chi connectivity index (χ2n) is 13.5. The topological polar surface area (TPSA) is 52.6 Å². The van der Waals surface area contributed by atoms with Crippen LogP contribution in [0.3, 0.4) is 0 Å². The van der Waals surface area contributed by atoms with E-state index in [1.807, 2.05) is 60.7 Å². The van der Waals surface area contributed by atoms with Gasteiger partial charge < -0.3 is 9.47 Å².